The van der Waals surface area contributed by atoms with E-state index < -0.39 is 0 Å². The third-order valence-corrected chi connectivity index (χ3v) is 4.73. The van der Waals surface area contributed by atoms with Crippen molar-refractivity contribution in [1.82, 2.24) is 10.3 Å². The van der Waals surface area contributed by atoms with Crippen molar-refractivity contribution < 1.29 is 4.79 Å². The summed E-state index contributed by atoms with van der Waals surface area (Å²) >= 11 is 1.41. The fourth-order valence-corrected chi connectivity index (χ4v) is 3.20. The lowest BCUT2D eigenvalue weighted by Crippen LogP contribution is -2.40. The molecule has 3 N–H and O–H groups in total. The highest BCUT2D eigenvalue weighted by atomic mass is 32.1. The molecule has 1 unspecified atom stereocenters. The van der Waals surface area contributed by atoms with Crippen molar-refractivity contribution in [1.29, 1.82) is 0 Å². The summed E-state index contributed by atoms with van der Waals surface area (Å²) in [6.07, 6.45) is 3.74. The number of carbonyl (C=O) groups excluding carboxylic acids is 1. The van der Waals surface area contributed by atoms with Gasteiger partial charge in [-0.15, -0.1) is 0 Å². The van der Waals surface area contributed by atoms with Gasteiger partial charge in [-0.2, -0.15) is 0 Å². The molecule has 1 atom stereocenters. The first-order valence-electron chi connectivity index (χ1n) is 6.60. The van der Waals surface area contributed by atoms with Gasteiger partial charge in [0.15, 0.2) is 5.13 Å². The Balaban J connectivity index is 1.76. The Kier molecular flexibility index (Phi) is 3.14. The van der Waals surface area contributed by atoms with Gasteiger partial charge in [-0.3, -0.25) is 4.79 Å². The molecule has 1 aromatic heterocycles. The quantitative estimate of drug-likeness (QED) is 0.905. The van der Waals surface area contributed by atoms with E-state index in [0.29, 0.717) is 16.6 Å². The predicted molar refractivity (Wildman–Crippen MR) is 78.3 cm³/mol. The highest BCUT2D eigenvalue weighted by Gasteiger charge is 2.25. The van der Waals surface area contributed by atoms with E-state index in [2.05, 4.69) is 17.2 Å². The summed E-state index contributed by atoms with van der Waals surface area (Å²) in [7, 11) is 0. The Morgan fingerprint density at radius 2 is 2.32 bits per heavy atom. The molecule has 1 aromatic carbocycles. The Bertz CT molecular complexity index is 618. The van der Waals surface area contributed by atoms with Gasteiger partial charge < -0.3 is 11.1 Å². The van der Waals surface area contributed by atoms with E-state index in [1.807, 2.05) is 18.2 Å². The molecule has 19 heavy (non-hydrogen) atoms. The number of fused-ring (bicyclic) bond motifs is 1. The topological polar surface area (TPSA) is 68.0 Å². The number of nitrogens with two attached hydrogens (primary N) is 1. The van der Waals surface area contributed by atoms with Gasteiger partial charge in [0, 0.05) is 11.6 Å². The van der Waals surface area contributed by atoms with E-state index in [0.717, 1.165) is 10.2 Å². The number of carbonyl (C=O) groups is 1. The summed E-state index contributed by atoms with van der Waals surface area (Å²) < 4.78 is 0.960. The van der Waals surface area contributed by atoms with Crippen LogP contribution in [-0.4, -0.2) is 16.9 Å². The fraction of sp³-hybridized carbons (Fsp3) is 0.429. The van der Waals surface area contributed by atoms with Crippen molar-refractivity contribution in [3.05, 3.63) is 23.8 Å². The highest BCUT2D eigenvalue weighted by Crippen LogP contribution is 2.29. The van der Waals surface area contributed by atoms with Gasteiger partial charge in [0.25, 0.3) is 5.91 Å². The Morgan fingerprint density at radius 3 is 3.00 bits per heavy atom. The van der Waals surface area contributed by atoms with Crippen molar-refractivity contribution in [2.45, 2.75) is 32.2 Å². The van der Waals surface area contributed by atoms with Crippen LogP contribution >= 0.6 is 11.3 Å². The van der Waals surface area contributed by atoms with Gasteiger partial charge in [0.2, 0.25) is 0 Å². The number of nitrogens with one attached hydrogen (secondary N) is 1. The highest BCUT2D eigenvalue weighted by molar-refractivity contribution is 7.22. The lowest BCUT2D eigenvalue weighted by molar-refractivity contribution is 0.0909. The molecule has 100 valence electrons. The number of amides is 1. The van der Waals surface area contributed by atoms with Gasteiger partial charge in [-0.25, -0.2) is 4.98 Å². The van der Waals surface area contributed by atoms with Crippen LogP contribution in [0, 0.1) is 5.92 Å². The molecule has 1 heterocycles. The maximum Gasteiger partial charge on any atom is 0.251 e. The van der Waals surface area contributed by atoms with Gasteiger partial charge in [0.1, 0.15) is 0 Å². The first kappa shape index (κ1) is 12.4. The monoisotopic (exact) mass is 275 g/mol. The minimum atomic E-state index is -0.00623. The molecular weight excluding hydrogens is 258 g/mol. The van der Waals surface area contributed by atoms with Crippen LogP contribution in [0.15, 0.2) is 18.2 Å². The second kappa shape index (κ2) is 4.81. The Hall–Kier alpha value is -1.62. The van der Waals surface area contributed by atoms with Crippen molar-refractivity contribution in [2.24, 2.45) is 5.92 Å². The third-order valence-electron chi connectivity index (χ3n) is 3.88. The van der Waals surface area contributed by atoms with Crippen LogP contribution in [0.4, 0.5) is 5.13 Å². The van der Waals surface area contributed by atoms with Crippen LogP contribution in [0.1, 0.15) is 36.5 Å². The number of hydrogen-bond donors (Lipinski definition) is 2. The molecule has 5 heteroatoms. The number of nitrogen functional groups attached to an aromatic ring is 1. The van der Waals surface area contributed by atoms with Crippen LogP contribution in [0.25, 0.3) is 10.2 Å². The maximum atomic E-state index is 12.2. The first-order valence-corrected chi connectivity index (χ1v) is 7.42. The normalized spacial score (nSPS) is 17.1. The van der Waals surface area contributed by atoms with Crippen molar-refractivity contribution >= 4 is 32.6 Å². The van der Waals surface area contributed by atoms with E-state index >= 15 is 0 Å². The molecule has 1 amide bonds. The standard InChI is InChI=1S/C14H17N3OS/c1-8(9-3-2-4-9)16-13(18)10-5-6-11-12(7-10)19-14(15)17-11/h5-9H,2-4H2,1H3,(H2,15,17)(H,16,18). The summed E-state index contributed by atoms with van der Waals surface area (Å²) in [5, 5.41) is 3.62. The number of benzene rings is 1. The molecule has 0 bridgehead atoms. The fourth-order valence-electron chi connectivity index (χ4n) is 2.43. The number of thiazole rings is 1. The average molecular weight is 275 g/mol. The van der Waals surface area contributed by atoms with Crippen LogP contribution in [0.2, 0.25) is 0 Å². The SMILES string of the molecule is CC(NC(=O)c1ccc2nc(N)sc2c1)C1CCC1. The largest absolute Gasteiger partial charge is 0.375 e. The zero-order valence-corrected chi connectivity index (χ0v) is 11.7. The number of hydrogen-bond acceptors (Lipinski definition) is 4. The zero-order valence-electron chi connectivity index (χ0n) is 10.8. The number of nitrogens with zero attached hydrogens (tertiary/aromatic N) is 1. The van der Waals surface area contributed by atoms with Gasteiger partial charge in [0.05, 0.1) is 10.2 Å². The summed E-state index contributed by atoms with van der Waals surface area (Å²) in [5.41, 5.74) is 7.21. The van der Waals surface area contributed by atoms with E-state index in [1.165, 1.54) is 30.6 Å². The number of rotatable bonds is 3. The molecule has 2 aromatic rings. The summed E-state index contributed by atoms with van der Waals surface area (Å²) in [6.45, 7) is 2.09. The van der Waals surface area contributed by atoms with Crippen molar-refractivity contribution in [3.8, 4) is 0 Å². The number of anilines is 1. The molecule has 3 rings (SSSR count). The number of aromatic nitrogens is 1. The van der Waals surface area contributed by atoms with Gasteiger partial charge in [-0.05, 0) is 43.9 Å². The second-order valence-electron chi connectivity index (χ2n) is 5.19. The van der Waals surface area contributed by atoms with Crippen LogP contribution in [0.5, 0.6) is 0 Å². The van der Waals surface area contributed by atoms with Crippen molar-refractivity contribution in [3.63, 3.8) is 0 Å². The predicted octanol–water partition coefficient (Wildman–Crippen LogP) is 2.80. The summed E-state index contributed by atoms with van der Waals surface area (Å²) in [6, 6.07) is 5.78. The molecule has 4 nitrogen and oxygen atoms in total. The van der Waals surface area contributed by atoms with E-state index in [4.69, 9.17) is 5.73 Å². The van der Waals surface area contributed by atoms with Crippen molar-refractivity contribution in [2.75, 3.05) is 5.73 Å². The molecule has 0 aliphatic heterocycles. The molecule has 0 radical (unpaired) electrons. The van der Waals surface area contributed by atoms with Gasteiger partial charge >= 0.3 is 0 Å². The molecular formula is C14H17N3OS. The van der Waals surface area contributed by atoms with Gasteiger partial charge in [-0.1, -0.05) is 17.8 Å². The lowest BCUT2D eigenvalue weighted by atomic mass is 9.80. The van der Waals surface area contributed by atoms with E-state index in [-0.39, 0.29) is 11.9 Å². The maximum absolute atomic E-state index is 12.2. The molecule has 1 saturated carbocycles. The smallest absolute Gasteiger partial charge is 0.251 e. The molecule has 0 saturated heterocycles. The lowest BCUT2D eigenvalue weighted by Gasteiger charge is -2.31. The van der Waals surface area contributed by atoms with E-state index in [1.54, 1.807) is 0 Å². The summed E-state index contributed by atoms with van der Waals surface area (Å²) in [4.78, 5) is 16.4. The third kappa shape index (κ3) is 2.42. The van der Waals surface area contributed by atoms with Crippen LogP contribution < -0.4 is 11.1 Å². The molecule has 1 fully saturated rings. The zero-order chi connectivity index (χ0) is 13.4. The second-order valence-corrected chi connectivity index (χ2v) is 6.25. The first-order chi connectivity index (χ1) is 9.13. The Labute approximate surface area is 116 Å². The van der Waals surface area contributed by atoms with Crippen LogP contribution in [0.3, 0.4) is 0 Å². The minimum Gasteiger partial charge on any atom is -0.375 e. The molecule has 1 aliphatic carbocycles. The Morgan fingerprint density at radius 1 is 1.53 bits per heavy atom. The van der Waals surface area contributed by atoms with E-state index in [9.17, 15) is 4.79 Å². The molecule has 1 aliphatic rings. The minimum absolute atomic E-state index is 0.00623. The average Bonchev–Trinajstić information content (AvgIpc) is 2.65. The summed E-state index contributed by atoms with van der Waals surface area (Å²) in [5.74, 6) is 0.639. The molecule has 0 spiro atoms. The van der Waals surface area contributed by atoms with Crippen LogP contribution in [-0.2, 0) is 0 Å².